The van der Waals surface area contributed by atoms with E-state index in [1.54, 1.807) is 4.90 Å². The quantitative estimate of drug-likeness (QED) is 0.406. The Balaban J connectivity index is 0.00000199. The number of benzene rings is 1. The standard InChI is InChI=1S/C25H38N2O5.CH4.FH/c1-2-31-15-4-6-21(18-24(28)29)27-14-11-20-17-22(7-8-23(20)25(27)30)32-16-3-5-19-9-12-26-13-10-19;;/h7-8,17,19,21,26H,2-6,9-16,18H2,1H3,(H,28,29);1H4;1H/i/hT. The number of piperidine rings is 1. The lowest BCUT2D eigenvalue weighted by atomic mass is 9.93. The average Bonchev–Trinajstić information content (AvgIpc) is 2.86. The first-order chi connectivity index (χ1) is 16.6. The maximum absolute atomic E-state index is 13.1. The summed E-state index contributed by atoms with van der Waals surface area (Å²) in [7, 11) is 0. The van der Waals surface area contributed by atoms with Crippen LogP contribution in [-0.4, -0.2) is 68.8 Å². The summed E-state index contributed by atoms with van der Waals surface area (Å²) in [6, 6.07) is 5.38. The van der Waals surface area contributed by atoms with Crippen LogP contribution in [0, 0.1) is 5.92 Å². The number of carbonyl (C=O) groups excluding carboxylic acids is 1. The van der Waals surface area contributed by atoms with Crippen LogP contribution in [0.2, 0.25) is 0 Å². The van der Waals surface area contributed by atoms with Crippen molar-refractivity contribution in [2.45, 2.75) is 71.8 Å². The van der Waals surface area contributed by atoms with Gasteiger partial charge in [0.25, 0.3) is 7.36 Å². The summed E-state index contributed by atoms with van der Waals surface area (Å²) in [5, 5.41) is 12.7. The molecule has 1 unspecified atom stereocenters. The van der Waals surface area contributed by atoms with Crippen LogP contribution in [-0.2, 0) is 16.0 Å². The van der Waals surface area contributed by atoms with Crippen LogP contribution in [0.5, 0.6) is 5.75 Å². The SMILES string of the molecule is C.CCOCCCC(CC(=O)O)N1CCc2cc(OCCCC3CCNCC3)ccc2C1=O.[3H]F. The molecule has 0 aromatic heterocycles. The van der Waals surface area contributed by atoms with E-state index < -0.39 is 5.97 Å². The first-order valence-corrected chi connectivity index (χ1v) is 12.2. The molecule has 0 spiro atoms. The number of carboxylic acids is 1. The van der Waals surface area contributed by atoms with Crippen LogP contribution in [0.4, 0.5) is 4.72 Å². The van der Waals surface area contributed by atoms with Gasteiger partial charge in [0.1, 0.15) is 5.75 Å². The van der Waals surface area contributed by atoms with Crippen molar-refractivity contribution in [2.75, 3.05) is 39.5 Å². The predicted molar refractivity (Wildman–Crippen MR) is 133 cm³/mol. The molecule has 1 amide bonds. The van der Waals surface area contributed by atoms with Crippen molar-refractivity contribution in [3.8, 4) is 5.75 Å². The number of carboxylic acid groups (broad SMARTS) is 1. The van der Waals surface area contributed by atoms with Gasteiger partial charge in [-0.3, -0.25) is 14.3 Å². The van der Waals surface area contributed by atoms with E-state index in [0.29, 0.717) is 38.3 Å². The van der Waals surface area contributed by atoms with Gasteiger partial charge in [-0.1, -0.05) is 7.43 Å². The van der Waals surface area contributed by atoms with E-state index in [9.17, 15) is 14.7 Å². The van der Waals surface area contributed by atoms with Gasteiger partial charge < -0.3 is 24.8 Å². The number of rotatable bonds is 13. The number of ether oxygens (including phenoxy) is 2. The molecule has 0 radical (unpaired) electrons. The number of hydrogen-bond donors (Lipinski definition) is 2. The van der Waals surface area contributed by atoms with Gasteiger partial charge in [-0.2, -0.15) is 0 Å². The van der Waals surface area contributed by atoms with Gasteiger partial charge in [0.15, 0.2) is 0 Å². The van der Waals surface area contributed by atoms with Crippen molar-refractivity contribution in [1.82, 2.24) is 10.2 Å². The van der Waals surface area contributed by atoms with E-state index in [2.05, 4.69) is 6.77 Å². The molecular weight excluding hydrogens is 439 g/mol. The highest BCUT2D eigenvalue weighted by atomic mass is 19.0. The molecule has 194 valence electrons. The zero-order chi connectivity index (χ0) is 24.8. The normalized spacial score (nSPS) is 16.9. The van der Waals surface area contributed by atoms with Crippen molar-refractivity contribution < 1.29 is 28.9 Å². The Labute approximate surface area is 205 Å². The maximum atomic E-state index is 13.1. The fourth-order valence-corrected chi connectivity index (χ4v) is 4.79. The third-order valence-electron chi connectivity index (χ3n) is 6.56. The molecule has 1 fully saturated rings. The summed E-state index contributed by atoms with van der Waals surface area (Å²) >= 11 is 0. The predicted octanol–water partition coefficient (Wildman–Crippen LogP) is 4.29. The molecule has 2 N–H and O–H groups in total. The molecule has 3 rings (SSSR count). The molecule has 1 aromatic carbocycles. The second-order valence-electron chi connectivity index (χ2n) is 8.84. The topological polar surface area (TPSA) is 88.1 Å². The number of hydrogen-bond acceptors (Lipinski definition) is 5. The summed E-state index contributed by atoms with van der Waals surface area (Å²) in [4.78, 5) is 26.2. The van der Waals surface area contributed by atoms with Gasteiger partial charge in [0.05, 0.1) is 13.0 Å². The lowest BCUT2D eigenvalue weighted by Crippen LogP contribution is -2.45. The largest absolute Gasteiger partial charge is 0.494 e. The maximum Gasteiger partial charge on any atom is 0.305 e. The van der Waals surface area contributed by atoms with Gasteiger partial charge in [0, 0.05) is 31.4 Å². The molecule has 8 heteroatoms. The second kappa shape index (κ2) is 15.7. The first-order valence-electron chi connectivity index (χ1n) is 12.5. The molecule has 0 bridgehead atoms. The zero-order valence-corrected chi connectivity index (χ0v) is 19.7. The van der Waals surface area contributed by atoms with Crippen molar-refractivity contribution in [1.29, 1.82) is 1.45 Å². The monoisotopic (exact) mass is 484 g/mol. The van der Waals surface area contributed by atoms with Gasteiger partial charge in [-0.15, -0.1) is 0 Å². The van der Waals surface area contributed by atoms with E-state index >= 15 is 0 Å². The molecule has 2 aliphatic rings. The smallest absolute Gasteiger partial charge is 0.305 e. The zero-order valence-electron chi connectivity index (χ0n) is 20.7. The molecule has 1 atom stereocenters. The molecule has 34 heavy (non-hydrogen) atoms. The van der Waals surface area contributed by atoms with E-state index in [-0.39, 0.29) is 25.8 Å². The summed E-state index contributed by atoms with van der Waals surface area (Å²) in [5.74, 6) is 0.665. The van der Waals surface area contributed by atoms with Gasteiger partial charge in [-0.05, 0) is 94.6 Å². The highest BCUT2D eigenvalue weighted by Crippen LogP contribution is 2.27. The van der Waals surface area contributed by atoms with Crippen molar-refractivity contribution in [3.05, 3.63) is 29.3 Å². The van der Waals surface area contributed by atoms with E-state index in [0.717, 1.165) is 49.6 Å². The Morgan fingerprint density at radius 3 is 2.76 bits per heavy atom. The van der Waals surface area contributed by atoms with Gasteiger partial charge in [0.2, 0.25) is 0 Å². The number of amides is 1. The van der Waals surface area contributed by atoms with Crippen molar-refractivity contribution in [3.63, 3.8) is 0 Å². The molecule has 0 saturated carbocycles. The van der Waals surface area contributed by atoms with Crippen LogP contribution < -0.4 is 10.1 Å². The van der Waals surface area contributed by atoms with E-state index in [4.69, 9.17) is 14.2 Å². The fourth-order valence-electron chi connectivity index (χ4n) is 4.79. The lowest BCUT2D eigenvalue weighted by molar-refractivity contribution is -0.138. The molecule has 1 saturated heterocycles. The summed E-state index contributed by atoms with van der Waals surface area (Å²) in [5.41, 5.74) is 1.66. The average molecular weight is 485 g/mol. The number of fused-ring (bicyclic) bond motifs is 1. The summed E-state index contributed by atoms with van der Waals surface area (Å²) in [6.45, 7) is 6.65. The van der Waals surface area contributed by atoms with Gasteiger partial charge >= 0.3 is 5.97 Å². The minimum absolute atomic E-state index is 0. The Hall–Kier alpha value is -2.19. The van der Waals surface area contributed by atoms with Crippen LogP contribution in [0.25, 0.3) is 0 Å². The summed E-state index contributed by atoms with van der Waals surface area (Å²) < 4.78 is 24.3. The number of nitrogens with zero attached hydrogens (tertiary/aromatic N) is 1. The van der Waals surface area contributed by atoms with E-state index in [1.807, 2.05) is 25.1 Å². The Morgan fingerprint density at radius 2 is 2.06 bits per heavy atom. The minimum Gasteiger partial charge on any atom is -0.494 e. The minimum atomic E-state index is -0.877. The Bertz CT molecular complexity index is 761. The number of halogens is 1. The molecule has 2 heterocycles. The van der Waals surface area contributed by atoms with Crippen molar-refractivity contribution >= 4 is 11.9 Å². The second-order valence-corrected chi connectivity index (χ2v) is 8.84. The highest BCUT2D eigenvalue weighted by Gasteiger charge is 2.31. The van der Waals surface area contributed by atoms with Crippen LogP contribution >= 0.6 is 0 Å². The fraction of sp³-hybridized carbons (Fsp3) is 0.692. The van der Waals surface area contributed by atoms with Crippen molar-refractivity contribution in [2.24, 2.45) is 5.92 Å². The molecule has 1 aromatic rings. The molecule has 2 aliphatic heterocycles. The Kier molecular flexibility index (Phi) is 12.9. The molecule has 0 aliphatic carbocycles. The third kappa shape index (κ3) is 8.87. The molecular formula is C26H43FN2O5. The Morgan fingerprint density at radius 1 is 1.29 bits per heavy atom. The molecule has 7 nitrogen and oxygen atoms in total. The van der Waals surface area contributed by atoms with Crippen LogP contribution in [0.3, 0.4) is 0 Å². The third-order valence-corrected chi connectivity index (χ3v) is 6.56. The summed E-state index contributed by atoms with van der Waals surface area (Å²) in [6.07, 6.45) is 6.82. The van der Waals surface area contributed by atoms with Crippen LogP contribution in [0.1, 0.15) is 75.2 Å². The van der Waals surface area contributed by atoms with E-state index in [1.165, 1.54) is 19.3 Å². The number of carbonyl (C=O) groups is 2. The first kappa shape index (κ1) is 28.1. The van der Waals surface area contributed by atoms with Gasteiger partial charge in [-0.25, -0.2) is 0 Å². The number of nitrogens with one attached hydrogen (secondary N) is 1. The van der Waals surface area contributed by atoms with Crippen LogP contribution in [0.15, 0.2) is 18.2 Å². The number of aliphatic carboxylic acids is 1. The highest BCUT2D eigenvalue weighted by molar-refractivity contribution is 5.97. The lowest BCUT2D eigenvalue weighted by Gasteiger charge is -2.35.